The lowest BCUT2D eigenvalue weighted by molar-refractivity contribution is -0.120. The molecular weight excluding hydrogens is 374 g/mol. The third kappa shape index (κ3) is 5.13. The van der Waals surface area contributed by atoms with Crippen molar-refractivity contribution in [2.24, 2.45) is 0 Å². The SMILES string of the molecule is CC(CNC(=O)CNC(=O)c1ccc(Br)o1)N(C)c1ccccc1. The molecule has 0 aliphatic rings. The van der Waals surface area contributed by atoms with E-state index >= 15 is 0 Å². The minimum absolute atomic E-state index is 0.0983. The van der Waals surface area contributed by atoms with Crippen LogP contribution in [0, 0.1) is 0 Å². The van der Waals surface area contributed by atoms with Crippen molar-refractivity contribution in [1.82, 2.24) is 10.6 Å². The zero-order valence-electron chi connectivity index (χ0n) is 13.6. The van der Waals surface area contributed by atoms with Crippen molar-refractivity contribution in [2.75, 3.05) is 25.0 Å². The fraction of sp³-hybridized carbons (Fsp3) is 0.294. The number of nitrogens with one attached hydrogen (secondary N) is 2. The highest BCUT2D eigenvalue weighted by molar-refractivity contribution is 9.10. The van der Waals surface area contributed by atoms with E-state index < -0.39 is 5.91 Å². The van der Waals surface area contributed by atoms with Crippen LogP contribution in [0.1, 0.15) is 17.5 Å². The van der Waals surface area contributed by atoms with Crippen LogP contribution in [0.15, 0.2) is 51.6 Å². The maximum atomic E-state index is 11.9. The Hall–Kier alpha value is -2.28. The molecule has 0 saturated carbocycles. The monoisotopic (exact) mass is 393 g/mol. The van der Waals surface area contributed by atoms with Gasteiger partial charge in [-0.05, 0) is 47.1 Å². The van der Waals surface area contributed by atoms with Crippen LogP contribution in [0.3, 0.4) is 0 Å². The Labute approximate surface area is 149 Å². The summed E-state index contributed by atoms with van der Waals surface area (Å²) in [4.78, 5) is 25.7. The van der Waals surface area contributed by atoms with Crippen LogP contribution in [0.2, 0.25) is 0 Å². The summed E-state index contributed by atoms with van der Waals surface area (Å²) in [7, 11) is 1.97. The number of halogens is 1. The highest BCUT2D eigenvalue weighted by Crippen LogP contribution is 2.14. The van der Waals surface area contributed by atoms with Gasteiger partial charge >= 0.3 is 0 Å². The van der Waals surface area contributed by atoms with E-state index in [1.807, 2.05) is 44.3 Å². The number of hydrogen-bond donors (Lipinski definition) is 2. The maximum Gasteiger partial charge on any atom is 0.287 e. The second kappa shape index (κ2) is 8.54. The van der Waals surface area contributed by atoms with Gasteiger partial charge in [0.1, 0.15) is 0 Å². The predicted molar refractivity (Wildman–Crippen MR) is 96.1 cm³/mol. The number of amides is 2. The van der Waals surface area contributed by atoms with Crippen LogP contribution in [0.4, 0.5) is 5.69 Å². The number of carbonyl (C=O) groups excluding carboxylic acids is 2. The molecule has 24 heavy (non-hydrogen) atoms. The van der Waals surface area contributed by atoms with E-state index in [2.05, 4.69) is 31.5 Å². The minimum Gasteiger partial charge on any atom is -0.444 e. The third-order valence-electron chi connectivity index (χ3n) is 3.63. The number of furan rings is 1. The zero-order chi connectivity index (χ0) is 17.5. The summed E-state index contributed by atoms with van der Waals surface area (Å²) in [6.07, 6.45) is 0. The van der Waals surface area contributed by atoms with Crippen LogP contribution in [0.5, 0.6) is 0 Å². The molecule has 7 heteroatoms. The van der Waals surface area contributed by atoms with Crippen molar-refractivity contribution in [3.63, 3.8) is 0 Å². The number of hydrogen-bond acceptors (Lipinski definition) is 4. The summed E-state index contributed by atoms with van der Waals surface area (Å²) in [6.45, 7) is 2.40. The molecule has 2 amide bonds. The quantitative estimate of drug-likeness (QED) is 0.757. The average molecular weight is 394 g/mol. The Kier molecular flexibility index (Phi) is 6.43. The number of nitrogens with zero attached hydrogens (tertiary/aromatic N) is 1. The van der Waals surface area contributed by atoms with Gasteiger partial charge in [0.05, 0.1) is 6.54 Å². The molecule has 128 valence electrons. The first-order chi connectivity index (χ1) is 11.5. The molecule has 6 nitrogen and oxygen atoms in total. The van der Waals surface area contributed by atoms with Crippen molar-refractivity contribution in [2.45, 2.75) is 13.0 Å². The molecule has 1 aromatic carbocycles. The molecule has 0 saturated heterocycles. The fourth-order valence-corrected chi connectivity index (χ4v) is 2.37. The van der Waals surface area contributed by atoms with Gasteiger partial charge in [0, 0.05) is 25.3 Å². The lowest BCUT2D eigenvalue weighted by atomic mass is 10.2. The molecule has 1 atom stereocenters. The van der Waals surface area contributed by atoms with Gasteiger partial charge in [-0.25, -0.2) is 0 Å². The summed E-state index contributed by atoms with van der Waals surface area (Å²) in [5.74, 6) is -0.514. The van der Waals surface area contributed by atoms with E-state index in [0.717, 1.165) is 5.69 Å². The van der Waals surface area contributed by atoms with Crippen molar-refractivity contribution in [3.05, 3.63) is 52.9 Å². The maximum absolute atomic E-state index is 11.9. The van der Waals surface area contributed by atoms with Gasteiger partial charge in [-0.1, -0.05) is 18.2 Å². The number of para-hydroxylation sites is 1. The number of anilines is 1. The Bertz CT molecular complexity index is 687. The molecule has 0 aliphatic carbocycles. The molecule has 0 aliphatic heterocycles. The Morgan fingerprint density at radius 3 is 2.50 bits per heavy atom. The normalized spacial score (nSPS) is 11.6. The van der Waals surface area contributed by atoms with Crippen LogP contribution in [-0.4, -0.2) is 38.0 Å². The highest BCUT2D eigenvalue weighted by atomic mass is 79.9. The van der Waals surface area contributed by atoms with Crippen molar-refractivity contribution in [1.29, 1.82) is 0 Å². The van der Waals surface area contributed by atoms with Crippen LogP contribution in [0.25, 0.3) is 0 Å². The zero-order valence-corrected chi connectivity index (χ0v) is 15.2. The Morgan fingerprint density at radius 2 is 1.88 bits per heavy atom. The molecule has 2 aromatic rings. The molecule has 2 rings (SSSR count). The standard InChI is InChI=1S/C17H20BrN3O3/c1-12(21(2)13-6-4-3-5-7-13)10-19-16(22)11-20-17(23)14-8-9-15(18)24-14/h3-9,12H,10-11H2,1-2H3,(H,19,22)(H,20,23). The van der Waals surface area contributed by atoms with E-state index in [9.17, 15) is 9.59 Å². The van der Waals surface area contributed by atoms with E-state index in [1.54, 1.807) is 6.07 Å². The second-order valence-corrected chi connectivity index (χ2v) is 6.17. The molecule has 1 aromatic heterocycles. The summed E-state index contributed by atoms with van der Waals surface area (Å²) >= 11 is 3.12. The summed E-state index contributed by atoms with van der Waals surface area (Å²) in [5, 5.41) is 5.33. The van der Waals surface area contributed by atoms with Crippen LogP contribution >= 0.6 is 15.9 Å². The Balaban J connectivity index is 1.73. The van der Waals surface area contributed by atoms with Crippen LogP contribution < -0.4 is 15.5 Å². The molecule has 2 N–H and O–H groups in total. The lowest BCUT2D eigenvalue weighted by Crippen LogP contribution is -2.43. The molecule has 1 heterocycles. The highest BCUT2D eigenvalue weighted by Gasteiger charge is 2.14. The van der Waals surface area contributed by atoms with Gasteiger partial charge in [0.15, 0.2) is 10.4 Å². The Morgan fingerprint density at radius 1 is 1.17 bits per heavy atom. The fourth-order valence-electron chi connectivity index (χ4n) is 2.06. The number of carbonyl (C=O) groups is 2. The third-order valence-corrected chi connectivity index (χ3v) is 4.05. The number of benzene rings is 1. The van der Waals surface area contributed by atoms with E-state index in [4.69, 9.17) is 4.42 Å². The van der Waals surface area contributed by atoms with E-state index in [-0.39, 0.29) is 24.3 Å². The number of rotatable bonds is 7. The first kappa shape index (κ1) is 18.1. The summed E-state index contributed by atoms with van der Waals surface area (Å²) < 4.78 is 5.59. The minimum atomic E-state index is -0.426. The van der Waals surface area contributed by atoms with Gasteiger partial charge in [-0.2, -0.15) is 0 Å². The smallest absolute Gasteiger partial charge is 0.287 e. The van der Waals surface area contributed by atoms with Gasteiger partial charge in [0.2, 0.25) is 5.91 Å². The van der Waals surface area contributed by atoms with Gasteiger partial charge in [-0.3, -0.25) is 9.59 Å². The van der Waals surface area contributed by atoms with Crippen molar-refractivity contribution in [3.8, 4) is 0 Å². The van der Waals surface area contributed by atoms with E-state index in [0.29, 0.717) is 11.2 Å². The van der Waals surface area contributed by atoms with Crippen molar-refractivity contribution < 1.29 is 14.0 Å². The van der Waals surface area contributed by atoms with E-state index in [1.165, 1.54) is 6.07 Å². The molecule has 1 unspecified atom stereocenters. The topological polar surface area (TPSA) is 74.6 Å². The summed E-state index contributed by atoms with van der Waals surface area (Å²) in [6, 6.07) is 13.2. The molecule has 0 spiro atoms. The predicted octanol–water partition coefficient (Wildman–Crippen LogP) is 2.41. The van der Waals surface area contributed by atoms with Gasteiger partial charge in [0.25, 0.3) is 5.91 Å². The van der Waals surface area contributed by atoms with Crippen LogP contribution in [-0.2, 0) is 4.79 Å². The van der Waals surface area contributed by atoms with Gasteiger partial charge in [-0.15, -0.1) is 0 Å². The first-order valence-corrected chi connectivity index (χ1v) is 8.35. The molecular formula is C17H20BrN3O3. The second-order valence-electron chi connectivity index (χ2n) is 5.39. The molecule has 0 radical (unpaired) electrons. The summed E-state index contributed by atoms with van der Waals surface area (Å²) in [5.41, 5.74) is 1.08. The molecule has 0 fully saturated rings. The largest absolute Gasteiger partial charge is 0.444 e. The average Bonchev–Trinajstić information content (AvgIpc) is 3.04. The number of likely N-dealkylation sites (N-methyl/N-ethyl adjacent to an activating group) is 1. The van der Waals surface area contributed by atoms with Gasteiger partial charge < -0.3 is 20.0 Å². The molecule has 0 bridgehead atoms. The first-order valence-electron chi connectivity index (χ1n) is 7.55. The van der Waals surface area contributed by atoms with Crippen molar-refractivity contribution >= 4 is 33.4 Å². The lowest BCUT2D eigenvalue weighted by Gasteiger charge is -2.27.